The molecule has 98 valence electrons. The number of oxime groups is 1. The van der Waals surface area contributed by atoms with Gasteiger partial charge in [0.25, 0.3) is 0 Å². The number of benzene rings is 1. The second-order valence-electron chi connectivity index (χ2n) is 5.22. The lowest BCUT2D eigenvalue weighted by atomic mass is 10.0. The highest BCUT2D eigenvalue weighted by atomic mass is 79.9. The smallest absolute Gasteiger partial charge is 0.171 e. The fraction of sp³-hybridized carbons (Fsp3) is 0.462. The summed E-state index contributed by atoms with van der Waals surface area (Å²) in [5.41, 5.74) is 7.67. The van der Waals surface area contributed by atoms with Crippen molar-refractivity contribution >= 4 is 27.5 Å². The topological polar surface area (TPSA) is 61.8 Å². The van der Waals surface area contributed by atoms with Crippen LogP contribution in [0, 0.1) is 0 Å². The minimum atomic E-state index is 0.120. The van der Waals surface area contributed by atoms with Gasteiger partial charge in [-0.1, -0.05) is 5.16 Å². The molecule has 18 heavy (non-hydrogen) atoms. The first kappa shape index (κ1) is 13.2. The Morgan fingerprint density at radius 3 is 2.72 bits per heavy atom. The van der Waals surface area contributed by atoms with Crippen LogP contribution < -0.4 is 10.6 Å². The number of hydrogen-bond donors (Lipinski definition) is 2. The molecule has 1 aliphatic rings. The molecule has 0 spiro atoms. The van der Waals surface area contributed by atoms with Crippen LogP contribution in [0.2, 0.25) is 0 Å². The Kier molecular flexibility index (Phi) is 3.52. The van der Waals surface area contributed by atoms with Crippen LogP contribution in [0.3, 0.4) is 0 Å². The predicted molar refractivity (Wildman–Crippen MR) is 77.3 cm³/mol. The largest absolute Gasteiger partial charge is 0.409 e. The standard InChI is InChI=1S/C13H18BrN3O/c1-13(2)6-3-7-17(13)9-4-5-10(11(14)8-9)12(15)16-18/h4-5,8,18H,3,6-7H2,1-2H3,(H2,15,16). The summed E-state index contributed by atoms with van der Waals surface area (Å²) in [5, 5.41) is 11.7. The minimum Gasteiger partial charge on any atom is -0.409 e. The molecule has 1 saturated heterocycles. The van der Waals surface area contributed by atoms with Crippen molar-refractivity contribution in [1.29, 1.82) is 0 Å². The Hall–Kier alpha value is -1.23. The Balaban J connectivity index is 2.35. The molecule has 3 N–H and O–H groups in total. The van der Waals surface area contributed by atoms with Crippen LogP contribution >= 0.6 is 15.9 Å². The average molecular weight is 312 g/mol. The van der Waals surface area contributed by atoms with Gasteiger partial charge in [0.2, 0.25) is 0 Å². The number of rotatable bonds is 2. The summed E-state index contributed by atoms with van der Waals surface area (Å²) in [5.74, 6) is 0.120. The molecule has 0 unspecified atom stereocenters. The van der Waals surface area contributed by atoms with E-state index < -0.39 is 0 Å². The third-order valence-electron chi connectivity index (χ3n) is 3.55. The molecule has 4 nitrogen and oxygen atoms in total. The second kappa shape index (κ2) is 4.80. The van der Waals surface area contributed by atoms with Crippen LogP contribution in [0.25, 0.3) is 0 Å². The molecule has 0 bridgehead atoms. The van der Waals surface area contributed by atoms with E-state index in [4.69, 9.17) is 10.9 Å². The van der Waals surface area contributed by atoms with Crippen molar-refractivity contribution in [2.45, 2.75) is 32.2 Å². The number of nitrogens with two attached hydrogens (primary N) is 1. The van der Waals surface area contributed by atoms with Gasteiger partial charge in [-0.2, -0.15) is 0 Å². The molecule has 1 fully saturated rings. The predicted octanol–water partition coefficient (Wildman–Crippen LogP) is 2.92. The average Bonchev–Trinajstić information content (AvgIpc) is 2.68. The van der Waals surface area contributed by atoms with Gasteiger partial charge < -0.3 is 15.8 Å². The summed E-state index contributed by atoms with van der Waals surface area (Å²) in [4.78, 5) is 2.40. The fourth-order valence-electron chi connectivity index (χ4n) is 2.52. The Morgan fingerprint density at radius 2 is 2.22 bits per heavy atom. The quantitative estimate of drug-likeness (QED) is 0.382. The van der Waals surface area contributed by atoms with E-state index >= 15 is 0 Å². The highest BCUT2D eigenvalue weighted by Crippen LogP contribution is 2.35. The molecule has 1 aliphatic heterocycles. The molecule has 1 aromatic carbocycles. The molecule has 5 heteroatoms. The van der Waals surface area contributed by atoms with Crippen molar-refractivity contribution in [3.63, 3.8) is 0 Å². The second-order valence-corrected chi connectivity index (χ2v) is 6.07. The number of amidine groups is 1. The zero-order valence-electron chi connectivity index (χ0n) is 10.7. The number of halogens is 1. The molecule has 0 radical (unpaired) electrons. The molecule has 1 heterocycles. The van der Waals surface area contributed by atoms with E-state index in [2.05, 4.69) is 39.8 Å². The lowest BCUT2D eigenvalue weighted by Gasteiger charge is -2.34. The maximum atomic E-state index is 8.71. The maximum absolute atomic E-state index is 8.71. The minimum absolute atomic E-state index is 0.120. The van der Waals surface area contributed by atoms with Gasteiger partial charge in [-0.25, -0.2) is 0 Å². The van der Waals surface area contributed by atoms with Crippen LogP contribution in [0.4, 0.5) is 5.69 Å². The first-order chi connectivity index (χ1) is 8.45. The third-order valence-corrected chi connectivity index (χ3v) is 4.21. The first-order valence-electron chi connectivity index (χ1n) is 6.01. The molecule has 0 amide bonds. The summed E-state index contributed by atoms with van der Waals surface area (Å²) in [6.45, 7) is 5.58. The highest BCUT2D eigenvalue weighted by Gasteiger charge is 2.32. The molecule has 0 aromatic heterocycles. The van der Waals surface area contributed by atoms with Crippen molar-refractivity contribution in [1.82, 2.24) is 0 Å². The molecule has 0 atom stereocenters. The summed E-state index contributed by atoms with van der Waals surface area (Å²) in [7, 11) is 0. The van der Waals surface area contributed by atoms with Gasteiger partial charge in [-0.15, -0.1) is 0 Å². The molecule has 0 saturated carbocycles. The Bertz CT molecular complexity index is 485. The van der Waals surface area contributed by atoms with Gasteiger partial charge in [0, 0.05) is 27.8 Å². The van der Waals surface area contributed by atoms with E-state index in [1.54, 1.807) is 0 Å². The van der Waals surface area contributed by atoms with Crippen LogP contribution in [0.5, 0.6) is 0 Å². The molecule has 2 rings (SSSR count). The van der Waals surface area contributed by atoms with Crippen molar-refractivity contribution in [3.8, 4) is 0 Å². The Labute approximate surface area is 116 Å². The first-order valence-corrected chi connectivity index (χ1v) is 6.80. The lowest BCUT2D eigenvalue weighted by molar-refractivity contribution is 0.318. The molecular formula is C13H18BrN3O. The van der Waals surface area contributed by atoms with E-state index in [1.165, 1.54) is 18.5 Å². The van der Waals surface area contributed by atoms with E-state index in [-0.39, 0.29) is 11.4 Å². The number of hydrogen-bond acceptors (Lipinski definition) is 3. The maximum Gasteiger partial charge on any atom is 0.171 e. The van der Waals surface area contributed by atoms with Crippen LogP contribution in [-0.2, 0) is 0 Å². The normalized spacial score (nSPS) is 19.3. The number of anilines is 1. The fourth-order valence-corrected chi connectivity index (χ4v) is 3.09. The summed E-state index contributed by atoms with van der Waals surface area (Å²) >= 11 is 3.47. The molecule has 1 aromatic rings. The van der Waals surface area contributed by atoms with Gasteiger partial charge in [-0.3, -0.25) is 0 Å². The molecule has 0 aliphatic carbocycles. The van der Waals surface area contributed by atoms with E-state index in [0.717, 1.165) is 11.0 Å². The summed E-state index contributed by atoms with van der Waals surface area (Å²) < 4.78 is 0.845. The monoisotopic (exact) mass is 311 g/mol. The zero-order chi connectivity index (χ0) is 13.3. The summed E-state index contributed by atoms with van der Waals surface area (Å²) in [6.07, 6.45) is 2.42. The lowest BCUT2D eigenvalue weighted by Crippen LogP contribution is -2.38. The van der Waals surface area contributed by atoms with Crippen molar-refractivity contribution < 1.29 is 5.21 Å². The van der Waals surface area contributed by atoms with E-state index in [9.17, 15) is 0 Å². The van der Waals surface area contributed by atoms with Crippen LogP contribution in [0.1, 0.15) is 32.3 Å². The van der Waals surface area contributed by atoms with Crippen molar-refractivity contribution in [2.24, 2.45) is 10.9 Å². The Morgan fingerprint density at radius 1 is 1.50 bits per heavy atom. The van der Waals surface area contributed by atoms with E-state index in [0.29, 0.717) is 5.56 Å². The van der Waals surface area contributed by atoms with Gasteiger partial charge in [0.1, 0.15) is 0 Å². The SMILES string of the molecule is CC1(C)CCCN1c1ccc(/C(N)=N/O)c(Br)c1. The summed E-state index contributed by atoms with van der Waals surface area (Å²) in [6, 6.07) is 5.93. The highest BCUT2D eigenvalue weighted by molar-refractivity contribution is 9.10. The van der Waals surface area contributed by atoms with Gasteiger partial charge in [0.15, 0.2) is 5.84 Å². The zero-order valence-corrected chi connectivity index (χ0v) is 12.2. The van der Waals surface area contributed by atoms with Gasteiger partial charge in [0.05, 0.1) is 0 Å². The van der Waals surface area contributed by atoms with Crippen LogP contribution in [0.15, 0.2) is 27.8 Å². The van der Waals surface area contributed by atoms with E-state index in [1.807, 2.05) is 18.2 Å². The van der Waals surface area contributed by atoms with Crippen molar-refractivity contribution in [2.75, 3.05) is 11.4 Å². The van der Waals surface area contributed by atoms with Gasteiger partial charge in [-0.05, 0) is 60.8 Å². The van der Waals surface area contributed by atoms with Crippen molar-refractivity contribution in [3.05, 3.63) is 28.2 Å². The number of nitrogens with zero attached hydrogens (tertiary/aromatic N) is 2. The van der Waals surface area contributed by atoms with Gasteiger partial charge >= 0.3 is 0 Å². The van der Waals surface area contributed by atoms with Crippen LogP contribution in [-0.4, -0.2) is 23.1 Å². The molecular weight excluding hydrogens is 294 g/mol. The third kappa shape index (κ3) is 2.32.